The maximum absolute atomic E-state index is 11.7. The van der Waals surface area contributed by atoms with Crippen molar-refractivity contribution in [3.63, 3.8) is 0 Å². The van der Waals surface area contributed by atoms with Crippen molar-refractivity contribution in [2.24, 2.45) is 0 Å². The lowest BCUT2D eigenvalue weighted by Gasteiger charge is -2.33. The van der Waals surface area contributed by atoms with E-state index in [9.17, 15) is 9.59 Å². The van der Waals surface area contributed by atoms with Gasteiger partial charge in [0.1, 0.15) is 0 Å². The Labute approximate surface area is 119 Å². The molecule has 5 heteroatoms. The van der Waals surface area contributed by atoms with Crippen LogP contribution < -0.4 is 10.6 Å². The van der Waals surface area contributed by atoms with Crippen LogP contribution in [0, 0.1) is 0 Å². The largest absolute Gasteiger partial charge is 0.481 e. The highest BCUT2D eigenvalue weighted by molar-refractivity contribution is 5.75. The van der Waals surface area contributed by atoms with Gasteiger partial charge in [0.05, 0.1) is 6.42 Å². The summed E-state index contributed by atoms with van der Waals surface area (Å²) in [6.45, 7) is 6.18. The lowest BCUT2D eigenvalue weighted by Crippen LogP contribution is -2.49. The molecule has 0 saturated carbocycles. The number of hydrogen-bond acceptors (Lipinski definition) is 2. The first-order valence-corrected chi connectivity index (χ1v) is 6.65. The van der Waals surface area contributed by atoms with Gasteiger partial charge in [-0.25, -0.2) is 4.79 Å². The number of urea groups is 1. The molecule has 2 amide bonds. The van der Waals surface area contributed by atoms with Gasteiger partial charge in [0, 0.05) is 18.0 Å². The summed E-state index contributed by atoms with van der Waals surface area (Å²) in [5.74, 6) is -0.928. The zero-order valence-electron chi connectivity index (χ0n) is 12.1. The fraction of sp³-hybridized carbons (Fsp3) is 0.467. The van der Waals surface area contributed by atoms with E-state index in [1.807, 2.05) is 37.3 Å². The van der Waals surface area contributed by atoms with Gasteiger partial charge in [-0.3, -0.25) is 4.79 Å². The molecule has 20 heavy (non-hydrogen) atoms. The van der Waals surface area contributed by atoms with Crippen LogP contribution in [0.3, 0.4) is 0 Å². The van der Waals surface area contributed by atoms with E-state index in [-0.39, 0.29) is 30.5 Å². The predicted molar refractivity (Wildman–Crippen MR) is 77.7 cm³/mol. The molecule has 0 aliphatic rings. The Morgan fingerprint density at radius 3 is 2.40 bits per heavy atom. The van der Waals surface area contributed by atoms with Gasteiger partial charge in [-0.2, -0.15) is 0 Å². The third-order valence-corrected chi connectivity index (χ3v) is 3.57. The van der Waals surface area contributed by atoms with Crippen molar-refractivity contribution in [3.05, 3.63) is 35.9 Å². The van der Waals surface area contributed by atoms with Gasteiger partial charge in [0.25, 0.3) is 0 Å². The van der Waals surface area contributed by atoms with E-state index in [0.717, 1.165) is 5.56 Å². The number of carbonyl (C=O) groups is 2. The summed E-state index contributed by atoms with van der Waals surface area (Å²) in [5, 5.41) is 13.9. The predicted octanol–water partition coefficient (Wildman–Crippen LogP) is 2.13. The van der Waals surface area contributed by atoms with Crippen LogP contribution >= 0.6 is 0 Å². The lowest BCUT2D eigenvalue weighted by atomic mass is 9.78. The van der Waals surface area contributed by atoms with Crippen molar-refractivity contribution >= 4 is 12.0 Å². The van der Waals surface area contributed by atoms with E-state index < -0.39 is 5.97 Å². The van der Waals surface area contributed by atoms with E-state index in [0.29, 0.717) is 0 Å². The summed E-state index contributed by atoms with van der Waals surface area (Å²) in [6, 6.07) is 9.52. The van der Waals surface area contributed by atoms with E-state index >= 15 is 0 Å². The first-order chi connectivity index (χ1) is 9.34. The molecule has 1 aromatic carbocycles. The molecular formula is C15H22N2O3. The lowest BCUT2D eigenvalue weighted by molar-refractivity contribution is -0.136. The normalized spacial score (nSPS) is 12.6. The fourth-order valence-corrected chi connectivity index (χ4v) is 1.83. The molecule has 5 nitrogen and oxygen atoms in total. The van der Waals surface area contributed by atoms with Crippen molar-refractivity contribution in [2.75, 3.05) is 6.54 Å². The molecule has 1 rings (SSSR count). The smallest absolute Gasteiger partial charge is 0.315 e. The monoisotopic (exact) mass is 278 g/mol. The standard InChI is InChI=1S/C15H22N2O3/c1-11(17-14(20)16-10-9-13(18)19)15(2,3)12-7-5-4-6-8-12/h4-8,11H,9-10H2,1-3H3,(H,18,19)(H2,16,17,20). The van der Waals surface area contributed by atoms with Gasteiger partial charge < -0.3 is 15.7 Å². The summed E-state index contributed by atoms with van der Waals surface area (Å²) in [7, 11) is 0. The van der Waals surface area contributed by atoms with Crippen LogP contribution in [0.2, 0.25) is 0 Å². The van der Waals surface area contributed by atoms with Crippen LogP contribution in [0.1, 0.15) is 32.8 Å². The number of hydrogen-bond donors (Lipinski definition) is 3. The summed E-state index contributed by atoms with van der Waals surface area (Å²) in [4.78, 5) is 22.1. The third kappa shape index (κ3) is 4.57. The molecule has 0 saturated heterocycles. The van der Waals surface area contributed by atoms with E-state index in [4.69, 9.17) is 5.11 Å². The second-order valence-electron chi connectivity index (χ2n) is 5.35. The highest BCUT2D eigenvalue weighted by Crippen LogP contribution is 2.26. The highest BCUT2D eigenvalue weighted by Gasteiger charge is 2.28. The molecule has 0 aliphatic carbocycles. The molecule has 0 bridgehead atoms. The molecule has 0 spiro atoms. The minimum atomic E-state index is -0.928. The number of nitrogens with one attached hydrogen (secondary N) is 2. The van der Waals surface area contributed by atoms with Crippen molar-refractivity contribution in [1.82, 2.24) is 10.6 Å². The summed E-state index contributed by atoms with van der Waals surface area (Å²) in [6.07, 6.45) is -0.0795. The van der Waals surface area contributed by atoms with Gasteiger partial charge in [0.15, 0.2) is 0 Å². The van der Waals surface area contributed by atoms with Crippen molar-refractivity contribution in [2.45, 2.75) is 38.6 Å². The van der Waals surface area contributed by atoms with Crippen LogP contribution in [0.25, 0.3) is 0 Å². The Morgan fingerprint density at radius 1 is 1.25 bits per heavy atom. The van der Waals surface area contributed by atoms with E-state index in [2.05, 4.69) is 24.5 Å². The second kappa shape index (κ2) is 6.93. The minimum absolute atomic E-state index is 0.0795. The van der Waals surface area contributed by atoms with Gasteiger partial charge >= 0.3 is 12.0 Å². The maximum atomic E-state index is 11.7. The third-order valence-electron chi connectivity index (χ3n) is 3.57. The molecule has 0 fully saturated rings. The van der Waals surface area contributed by atoms with Crippen LogP contribution in [0.4, 0.5) is 4.79 Å². The molecular weight excluding hydrogens is 256 g/mol. The molecule has 1 atom stereocenters. The molecule has 0 heterocycles. The number of carboxylic acid groups (broad SMARTS) is 1. The average Bonchev–Trinajstić information content (AvgIpc) is 2.39. The Balaban J connectivity index is 2.55. The van der Waals surface area contributed by atoms with Crippen LogP contribution in [0.15, 0.2) is 30.3 Å². The van der Waals surface area contributed by atoms with Gasteiger partial charge in [-0.05, 0) is 12.5 Å². The van der Waals surface area contributed by atoms with Gasteiger partial charge in [0.2, 0.25) is 0 Å². The molecule has 0 radical (unpaired) electrons. The number of carbonyl (C=O) groups excluding carboxylic acids is 1. The SMILES string of the molecule is CC(NC(=O)NCCC(=O)O)C(C)(C)c1ccccc1. The average molecular weight is 278 g/mol. The molecule has 110 valence electrons. The Hall–Kier alpha value is -2.04. The number of aliphatic carboxylic acids is 1. The molecule has 1 aromatic rings. The molecule has 0 aliphatic heterocycles. The minimum Gasteiger partial charge on any atom is -0.481 e. The van der Waals surface area contributed by atoms with Crippen molar-refractivity contribution < 1.29 is 14.7 Å². The summed E-state index contributed by atoms with van der Waals surface area (Å²) >= 11 is 0. The quantitative estimate of drug-likeness (QED) is 0.746. The zero-order valence-corrected chi connectivity index (χ0v) is 12.1. The summed E-state index contributed by atoms with van der Waals surface area (Å²) < 4.78 is 0. The van der Waals surface area contributed by atoms with Crippen molar-refractivity contribution in [3.8, 4) is 0 Å². The fourth-order valence-electron chi connectivity index (χ4n) is 1.83. The Bertz CT molecular complexity index is 457. The van der Waals surface area contributed by atoms with Crippen LogP contribution in [0.5, 0.6) is 0 Å². The number of benzene rings is 1. The molecule has 3 N–H and O–H groups in total. The van der Waals surface area contributed by atoms with Crippen LogP contribution in [-0.4, -0.2) is 29.7 Å². The first kappa shape index (κ1) is 16.0. The zero-order chi connectivity index (χ0) is 15.2. The molecule has 1 unspecified atom stereocenters. The highest BCUT2D eigenvalue weighted by atomic mass is 16.4. The molecule has 0 aromatic heterocycles. The van der Waals surface area contributed by atoms with Crippen LogP contribution in [-0.2, 0) is 10.2 Å². The Morgan fingerprint density at radius 2 is 1.85 bits per heavy atom. The number of rotatable bonds is 6. The van der Waals surface area contributed by atoms with Gasteiger partial charge in [-0.1, -0.05) is 44.2 Å². The first-order valence-electron chi connectivity index (χ1n) is 6.65. The van der Waals surface area contributed by atoms with E-state index in [1.165, 1.54) is 0 Å². The van der Waals surface area contributed by atoms with E-state index in [1.54, 1.807) is 0 Å². The second-order valence-corrected chi connectivity index (χ2v) is 5.35. The number of carboxylic acids is 1. The Kier molecular flexibility index (Phi) is 5.55. The maximum Gasteiger partial charge on any atom is 0.315 e. The van der Waals surface area contributed by atoms with Gasteiger partial charge in [-0.15, -0.1) is 0 Å². The topological polar surface area (TPSA) is 78.4 Å². The summed E-state index contributed by atoms with van der Waals surface area (Å²) in [5.41, 5.74) is 0.920. The number of amides is 2. The van der Waals surface area contributed by atoms with Crippen molar-refractivity contribution in [1.29, 1.82) is 0 Å².